The molecule has 2 aliphatic heterocycles. The van der Waals surface area contributed by atoms with Crippen LogP contribution in [-0.2, 0) is 0 Å². The highest BCUT2D eigenvalue weighted by Crippen LogP contribution is 2.30. The van der Waals surface area contributed by atoms with Gasteiger partial charge in [-0.1, -0.05) is 12.1 Å². The van der Waals surface area contributed by atoms with E-state index in [0.29, 0.717) is 36.0 Å². The molecule has 29 heavy (non-hydrogen) atoms. The summed E-state index contributed by atoms with van der Waals surface area (Å²) in [6.45, 7) is 2.86. The van der Waals surface area contributed by atoms with Crippen LogP contribution in [0.2, 0.25) is 0 Å². The third-order valence-electron chi connectivity index (χ3n) is 5.66. The lowest BCUT2D eigenvalue weighted by atomic mass is 9.97. The third-order valence-corrected chi connectivity index (χ3v) is 6.35. The molecule has 2 amide bonds. The summed E-state index contributed by atoms with van der Waals surface area (Å²) in [5.74, 6) is 1.16. The fraction of sp³-hybridized carbons (Fsp3) is 0.333. The molecule has 0 saturated carbocycles. The first-order valence-electron chi connectivity index (χ1n) is 9.74. The molecule has 0 N–H and O–H groups in total. The summed E-state index contributed by atoms with van der Waals surface area (Å²) in [5.41, 5.74) is 1.98. The number of imide groups is 1. The second-order valence-electron chi connectivity index (χ2n) is 7.38. The standard InChI is InChI=1S/C21H20N4O3S/c26-20-16-3-1-2-4-17(16)21(27)25(20)11-10-24-8-5-14(6-9-24)18-22-23-19(28-18)15-7-12-29-13-15/h1-4,7,12-14H,5-6,8-11H2. The van der Waals surface area contributed by atoms with Crippen LogP contribution in [0.25, 0.3) is 11.5 Å². The largest absolute Gasteiger partial charge is 0.420 e. The number of thiophene rings is 1. The van der Waals surface area contributed by atoms with Gasteiger partial charge in [0.2, 0.25) is 11.8 Å². The first-order valence-corrected chi connectivity index (χ1v) is 10.7. The Morgan fingerprint density at radius 1 is 1.00 bits per heavy atom. The minimum atomic E-state index is -0.188. The monoisotopic (exact) mass is 408 g/mol. The lowest BCUT2D eigenvalue weighted by Gasteiger charge is -2.31. The van der Waals surface area contributed by atoms with Gasteiger partial charge < -0.3 is 9.32 Å². The summed E-state index contributed by atoms with van der Waals surface area (Å²) in [6.07, 6.45) is 1.85. The quantitative estimate of drug-likeness (QED) is 0.603. The molecule has 0 bridgehead atoms. The Hall–Kier alpha value is -2.84. The molecule has 7 nitrogen and oxygen atoms in total. The van der Waals surface area contributed by atoms with Crippen molar-refractivity contribution in [3.8, 4) is 11.5 Å². The molecular weight excluding hydrogens is 388 g/mol. The highest BCUT2D eigenvalue weighted by atomic mass is 32.1. The molecule has 0 radical (unpaired) electrons. The Labute approximate surface area is 172 Å². The first-order chi connectivity index (χ1) is 14.2. The second-order valence-corrected chi connectivity index (χ2v) is 8.16. The molecule has 5 rings (SSSR count). The van der Waals surface area contributed by atoms with E-state index in [2.05, 4.69) is 15.1 Å². The van der Waals surface area contributed by atoms with Gasteiger partial charge in [-0.15, -0.1) is 10.2 Å². The molecule has 1 aromatic carbocycles. The lowest BCUT2D eigenvalue weighted by molar-refractivity contribution is 0.0629. The van der Waals surface area contributed by atoms with Crippen molar-refractivity contribution in [1.29, 1.82) is 0 Å². The van der Waals surface area contributed by atoms with Crippen LogP contribution in [0.1, 0.15) is 45.4 Å². The van der Waals surface area contributed by atoms with Crippen LogP contribution in [-0.4, -0.2) is 58.0 Å². The van der Waals surface area contributed by atoms with Crippen molar-refractivity contribution in [2.24, 2.45) is 0 Å². The van der Waals surface area contributed by atoms with Crippen molar-refractivity contribution in [3.63, 3.8) is 0 Å². The average Bonchev–Trinajstić information content (AvgIpc) is 3.49. The van der Waals surface area contributed by atoms with Gasteiger partial charge >= 0.3 is 0 Å². The molecule has 1 fully saturated rings. The van der Waals surface area contributed by atoms with E-state index >= 15 is 0 Å². The molecule has 2 aromatic heterocycles. The first kappa shape index (κ1) is 18.2. The maximum Gasteiger partial charge on any atom is 0.261 e. The zero-order valence-electron chi connectivity index (χ0n) is 15.8. The van der Waals surface area contributed by atoms with E-state index in [-0.39, 0.29) is 17.7 Å². The number of likely N-dealkylation sites (tertiary alicyclic amines) is 1. The van der Waals surface area contributed by atoms with Crippen molar-refractivity contribution in [3.05, 3.63) is 58.1 Å². The number of benzene rings is 1. The van der Waals surface area contributed by atoms with Crippen LogP contribution >= 0.6 is 11.3 Å². The number of hydrogen-bond donors (Lipinski definition) is 0. The zero-order chi connectivity index (χ0) is 19.8. The summed E-state index contributed by atoms with van der Waals surface area (Å²) in [4.78, 5) is 28.6. The van der Waals surface area contributed by atoms with Crippen LogP contribution in [0.3, 0.4) is 0 Å². The maximum absolute atomic E-state index is 12.5. The van der Waals surface area contributed by atoms with Crippen molar-refractivity contribution < 1.29 is 14.0 Å². The number of amides is 2. The van der Waals surface area contributed by atoms with Crippen LogP contribution in [0, 0.1) is 0 Å². The third kappa shape index (κ3) is 3.38. The number of carbonyl (C=O) groups is 2. The molecule has 0 unspecified atom stereocenters. The van der Waals surface area contributed by atoms with Gasteiger partial charge in [0.1, 0.15) is 0 Å². The molecular formula is C21H20N4O3S. The van der Waals surface area contributed by atoms with E-state index in [1.165, 1.54) is 4.90 Å². The van der Waals surface area contributed by atoms with E-state index in [0.717, 1.165) is 31.5 Å². The molecule has 2 aliphatic rings. The van der Waals surface area contributed by atoms with Gasteiger partial charge in [0, 0.05) is 30.0 Å². The average molecular weight is 408 g/mol. The Kier molecular flexibility index (Phi) is 4.73. The molecule has 8 heteroatoms. The number of piperidine rings is 1. The zero-order valence-corrected chi connectivity index (χ0v) is 16.6. The molecule has 0 aliphatic carbocycles. The van der Waals surface area contributed by atoms with E-state index in [9.17, 15) is 9.59 Å². The van der Waals surface area contributed by atoms with E-state index in [1.54, 1.807) is 35.6 Å². The molecule has 3 aromatic rings. The summed E-state index contributed by atoms with van der Waals surface area (Å²) >= 11 is 1.61. The van der Waals surface area contributed by atoms with Gasteiger partial charge in [-0.25, -0.2) is 0 Å². The molecule has 0 spiro atoms. The number of carbonyl (C=O) groups excluding carboxylic acids is 2. The molecule has 4 heterocycles. The highest BCUT2D eigenvalue weighted by molar-refractivity contribution is 7.08. The number of aromatic nitrogens is 2. The summed E-state index contributed by atoms with van der Waals surface area (Å²) in [6, 6.07) is 8.99. The van der Waals surface area contributed by atoms with Crippen molar-refractivity contribution in [2.45, 2.75) is 18.8 Å². The van der Waals surface area contributed by atoms with E-state index in [4.69, 9.17) is 4.42 Å². The summed E-state index contributed by atoms with van der Waals surface area (Å²) < 4.78 is 5.88. The molecule has 1 saturated heterocycles. The fourth-order valence-electron chi connectivity index (χ4n) is 3.99. The van der Waals surface area contributed by atoms with Crippen LogP contribution in [0.15, 0.2) is 45.5 Å². The lowest BCUT2D eigenvalue weighted by Crippen LogP contribution is -2.41. The maximum atomic E-state index is 12.5. The topological polar surface area (TPSA) is 79.5 Å². The van der Waals surface area contributed by atoms with Crippen molar-refractivity contribution in [2.75, 3.05) is 26.2 Å². The van der Waals surface area contributed by atoms with Gasteiger partial charge in [0.05, 0.1) is 11.1 Å². The SMILES string of the molecule is O=C1c2ccccc2C(=O)N1CCN1CCC(c2nnc(-c3ccsc3)o2)CC1. The van der Waals surface area contributed by atoms with Gasteiger partial charge in [0.15, 0.2) is 0 Å². The van der Waals surface area contributed by atoms with Crippen molar-refractivity contribution in [1.82, 2.24) is 20.0 Å². The van der Waals surface area contributed by atoms with E-state index in [1.807, 2.05) is 16.8 Å². The van der Waals surface area contributed by atoms with Crippen molar-refractivity contribution >= 4 is 23.2 Å². The van der Waals surface area contributed by atoms with Crippen LogP contribution in [0.5, 0.6) is 0 Å². The van der Waals surface area contributed by atoms with Crippen LogP contribution < -0.4 is 0 Å². The summed E-state index contributed by atoms with van der Waals surface area (Å²) in [5, 5.41) is 12.4. The second kappa shape index (κ2) is 7.53. The Balaban J connectivity index is 1.15. The molecule has 0 atom stereocenters. The summed E-state index contributed by atoms with van der Waals surface area (Å²) in [7, 11) is 0. The van der Waals surface area contributed by atoms with E-state index < -0.39 is 0 Å². The van der Waals surface area contributed by atoms with Crippen LogP contribution in [0.4, 0.5) is 0 Å². The smallest absolute Gasteiger partial charge is 0.261 e. The van der Waals surface area contributed by atoms with Gasteiger partial charge in [-0.05, 0) is 49.5 Å². The Morgan fingerprint density at radius 3 is 2.38 bits per heavy atom. The van der Waals surface area contributed by atoms with Gasteiger partial charge in [-0.3, -0.25) is 14.5 Å². The van der Waals surface area contributed by atoms with Gasteiger partial charge in [0.25, 0.3) is 11.8 Å². The molecule has 148 valence electrons. The normalized spacial score (nSPS) is 17.9. The Morgan fingerprint density at radius 2 is 1.72 bits per heavy atom. The number of fused-ring (bicyclic) bond motifs is 1. The number of nitrogens with zero attached hydrogens (tertiary/aromatic N) is 4. The predicted molar refractivity (Wildman–Crippen MR) is 108 cm³/mol. The fourth-order valence-corrected chi connectivity index (χ4v) is 4.62. The Bertz CT molecular complexity index is 1000. The highest BCUT2D eigenvalue weighted by Gasteiger charge is 2.35. The minimum absolute atomic E-state index is 0.188. The van der Waals surface area contributed by atoms with Gasteiger partial charge in [-0.2, -0.15) is 11.3 Å². The predicted octanol–water partition coefficient (Wildman–Crippen LogP) is 3.27. The number of hydrogen-bond acceptors (Lipinski definition) is 7. The number of rotatable bonds is 5. The minimum Gasteiger partial charge on any atom is -0.420 e.